The van der Waals surface area contributed by atoms with Gasteiger partial charge in [-0.2, -0.15) is 0 Å². The molecule has 23 heavy (non-hydrogen) atoms. The number of hydrogen-bond donors (Lipinski definition) is 1. The predicted molar refractivity (Wildman–Crippen MR) is 92.5 cm³/mol. The molecule has 2 fully saturated rings. The maximum Gasteiger partial charge on any atom is 0.310 e. The zero-order valence-electron chi connectivity index (χ0n) is 14.9. The summed E-state index contributed by atoms with van der Waals surface area (Å²) in [6.07, 6.45) is 5.10. The summed E-state index contributed by atoms with van der Waals surface area (Å²) in [6.45, 7) is 8.35. The van der Waals surface area contributed by atoms with Gasteiger partial charge >= 0.3 is 5.97 Å². The second-order valence-corrected chi connectivity index (χ2v) is 6.74. The fourth-order valence-electron chi connectivity index (χ4n) is 3.60. The summed E-state index contributed by atoms with van der Waals surface area (Å²) in [5.74, 6) is 1.05. The van der Waals surface area contributed by atoms with Gasteiger partial charge in [-0.15, -0.1) is 0 Å². The Morgan fingerprint density at radius 1 is 1.26 bits per heavy atom. The molecule has 0 spiro atoms. The number of rotatable bonds is 6. The molecule has 0 bridgehead atoms. The van der Waals surface area contributed by atoms with Gasteiger partial charge in [-0.05, 0) is 51.2 Å². The van der Waals surface area contributed by atoms with Crippen molar-refractivity contribution in [2.45, 2.75) is 32.6 Å². The fourth-order valence-corrected chi connectivity index (χ4v) is 3.60. The highest BCUT2D eigenvalue weighted by Gasteiger charge is 2.36. The number of methoxy groups -OCH3 is 1. The zero-order valence-corrected chi connectivity index (χ0v) is 14.9. The van der Waals surface area contributed by atoms with E-state index in [2.05, 4.69) is 27.0 Å². The average Bonchev–Trinajstić information content (AvgIpc) is 3.20. The Morgan fingerprint density at radius 3 is 2.65 bits per heavy atom. The standard InChI is InChI=1S/C17H32N4O2/c1-14-12-21(13-15(14)16(22)23-3)17(18-2)19-8-4-5-9-20-10-6-7-11-20/h14-15H,4-13H2,1-3H3,(H,18,19). The highest BCUT2D eigenvalue weighted by molar-refractivity contribution is 5.82. The van der Waals surface area contributed by atoms with E-state index in [1.807, 2.05) is 7.05 Å². The summed E-state index contributed by atoms with van der Waals surface area (Å²) in [5, 5.41) is 3.44. The highest BCUT2D eigenvalue weighted by Crippen LogP contribution is 2.24. The molecule has 0 saturated carbocycles. The quantitative estimate of drug-likeness (QED) is 0.344. The van der Waals surface area contributed by atoms with Crippen molar-refractivity contribution in [3.63, 3.8) is 0 Å². The molecule has 1 N–H and O–H groups in total. The van der Waals surface area contributed by atoms with E-state index in [1.165, 1.54) is 46.0 Å². The third kappa shape index (κ3) is 5.09. The molecule has 0 aromatic carbocycles. The van der Waals surface area contributed by atoms with Crippen molar-refractivity contribution in [3.05, 3.63) is 0 Å². The van der Waals surface area contributed by atoms with Crippen LogP contribution in [-0.2, 0) is 9.53 Å². The minimum atomic E-state index is -0.110. The number of likely N-dealkylation sites (tertiary alicyclic amines) is 2. The summed E-state index contributed by atoms with van der Waals surface area (Å²) < 4.78 is 4.90. The lowest BCUT2D eigenvalue weighted by molar-refractivity contribution is -0.145. The first-order chi connectivity index (χ1) is 11.2. The molecule has 2 unspecified atom stereocenters. The van der Waals surface area contributed by atoms with Crippen LogP contribution in [0.15, 0.2) is 4.99 Å². The molecule has 2 aliphatic rings. The van der Waals surface area contributed by atoms with E-state index in [-0.39, 0.29) is 11.9 Å². The molecule has 132 valence electrons. The van der Waals surface area contributed by atoms with Gasteiger partial charge in [0.05, 0.1) is 13.0 Å². The van der Waals surface area contributed by atoms with Gasteiger partial charge in [-0.25, -0.2) is 0 Å². The number of guanidine groups is 1. The minimum Gasteiger partial charge on any atom is -0.469 e. The molecule has 0 aliphatic carbocycles. The predicted octanol–water partition coefficient (Wildman–Crippen LogP) is 1.18. The zero-order chi connectivity index (χ0) is 16.7. The molecule has 0 aromatic heterocycles. The van der Waals surface area contributed by atoms with Crippen molar-refractivity contribution in [2.24, 2.45) is 16.8 Å². The third-order valence-electron chi connectivity index (χ3n) is 5.01. The van der Waals surface area contributed by atoms with Crippen molar-refractivity contribution in [2.75, 3.05) is 53.4 Å². The van der Waals surface area contributed by atoms with E-state index in [4.69, 9.17) is 4.74 Å². The van der Waals surface area contributed by atoms with Crippen LogP contribution in [0.4, 0.5) is 0 Å². The Hall–Kier alpha value is -1.30. The number of esters is 1. The molecule has 2 heterocycles. The van der Waals surface area contributed by atoms with Crippen LogP contribution in [0.3, 0.4) is 0 Å². The Bertz CT molecular complexity index is 407. The second-order valence-electron chi connectivity index (χ2n) is 6.74. The normalized spacial score (nSPS) is 25.9. The molecule has 6 heteroatoms. The van der Waals surface area contributed by atoms with Crippen LogP contribution in [0.2, 0.25) is 0 Å². The number of nitrogens with zero attached hydrogens (tertiary/aromatic N) is 3. The summed E-state index contributed by atoms with van der Waals surface area (Å²) in [6, 6.07) is 0. The van der Waals surface area contributed by atoms with E-state index in [0.29, 0.717) is 12.5 Å². The van der Waals surface area contributed by atoms with Crippen molar-refractivity contribution in [3.8, 4) is 0 Å². The van der Waals surface area contributed by atoms with Crippen LogP contribution in [0.5, 0.6) is 0 Å². The minimum absolute atomic E-state index is 0.0475. The van der Waals surface area contributed by atoms with E-state index in [9.17, 15) is 4.79 Å². The first-order valence-electron chi connectivity index (χ1n) is 8.91. The number of aliphatic imine (C=N–C) groups is 1. The SMILES string of the molecule is CN=C(NCCCCN1CCCC1)N1CC(C)C(C(=O)OC)C1. The van der Waals surface area contributed by atoms with Gasteiger partial charge in [0.15, 0.2) is 5.96 Å². The largest absolute Gasteiger partial charge is 0.469 e. The highest BCUT2D eigenvalue weighted by atomic mass is 16.5. The number of carbonyl (C=O) groups is 1. The number of ether oxygens (including phenoxy) is 1. The second kappa shape index (κ2) is 9.11. The molecule has 0 radical (unpaired) electrons. The number of carbonyl (C=O) groups excluding carboxylic acids is 1. The van der Waals surface area contributed by atoms with Crippen LogP contribution in [-0.4, -0.2) is 75.2 Å². The maximum atomic E-state index is 11.8. The van der Waals surface area contributed by atoms with Crippen molar-refractivity contribution in [1.82, 2.24) is 15.1 Å². The Kier molecular flexibility index (Phi) is 7.15. The van der Waals surface area contributed by atoms with Crippen molar-refractivity contribution in [1.29, 1.82) is 0 Å². The van der Waals surface area contributed by atoms with Crippen LogP contribution in [0.1, 0.15) is 32.6 Å². The van der Waals surface area contributed by atoms with Gasteiger partial charge in [0, 0.05) is 26.7 Å². The van der Waals surface area contributed by atoms with Gasteiger partial charge in [-0.3, -0.25) is 9.79 Å². The molecule has 2 saturated heterocycles. The number of nitrogens with one attached hydrogen (secondary N) is 1. The average molecular weight is 324 g/mol. The smallest absolute Gasteiger partial charge is 0.310 e. The van der Waals surface area contributed by atoms with E-state index < -0.39 is 0 Å². The number of hydrogen-bond acceptors (Lipinski definition) is 4. The fraction of sp³-hybridized carbons (Fsp3) is 0.882. The van der Waals surface area contributed by atoms with Crippen LogP contribution >= 0.6 is 0 Å². The lowest BCUT2D eigenvalue weighted by Crippen LogP contribution is -2.41. The van der Waals surface area contributed by atoms with Gasteiger partial charge < -0.3 is 19.9 Å². The molecule has 6 nitrogen and oxygen atoms in total. The van der Waals surface area contributed by atoms with Crippen molar-refractivity contribution < 1.29 is 9.53 Å². The van der Waals surface area contributed by atoms with Gasteiger partial charge in [0.2, 0.25) is 0 Å². The third-order valence-corrected chi connectivity index (χ3v) is 5.01. The molecule has 0 aromatic rings. The van der Waals surface area contributed by atoms with E-state index >= 15 is 0 Å². The molecule has 2 atom stereocenters. The summed E-state index contributed by atoms with van der Waals surface area (Å²) in [5.41, 5.74) is 0. The Labute approximate surface area is 140 Å². The van der Waals surface area contributed by atoms with Crippen LogP contribution in [0.25, 0.3) is 0 Å². The van der Waals surface area contributed by atoms with E-state index in [0.717, 1.165) is 25.5 Å². The topological polar surface area (TPSA) is 57.2 Å². The summed E-state index contributed by atoms with van der Waals surface area (Å²) >= 11 is 0. The van der Waals surface area contributed by atoms with Gasteiger partial charge in [0.25, 0.3) is 0 Å². The molecule has 2 aliphatic heterocycles. The Balaban J connectivity index is 1.68. The molecular weight excluding hydrogens is 292 g/mol. The summed E-state index contributed by atoms with van der Waals surface area (Å²) in [7, 11) is 3.27. The van der Waals surface area contributed by atoms with Gasteiger partial charge in [0.1, 0.15) is 0 Å². The van der Waals surface area contributed by atoms with Crippen molar-refractivity contribution >= 4 is 11.9 Å². The van der Waals surface area contributed by atoms with E-state index in [1.54, 1.807) is 0 Å². The Morgan fingerprint density at radius 2 is 2.00 bits per heavy atom. The van der Waals surface area contributed by atoms with Gasteiger partial charge in [-0.1, -0.05) is 6.92 Å². The first kappa shape index (κ1) is 18.0. The molecule has 2 rings (SSSR count). The maximum absolute atomic E-state index is 11.8. The molecular formula is C17H32N4O2. The van der Waals surface area contributed by atoms with Crippen LogP contribution < -0.4 is 5.32 Å². The van der Waals surface area contributed by atoms with Crippen LogP contribution in [0, 0.1) is 11.8 Å². The first-order valence-corrected chi connectivity index (χ1v) is 8.91. The number of unbranched alkanes of at least 4 members (excludes halogenated alkanes) is 1. The lowest BCUT2D eigenvalue weighted by Gasteiger charge is -2.21. The lowest BCUT2D eigenvalue weighted by atomic mass is 9.99. The summed E-state index contributed by atoms with van der Waals surface area (Å²) in [4.78, 5) is 20.9. The monoisotopic (exact) mass is 324 g/mol. The molecule has 0 amide bonds.